The molecule has 1 aromatic heterocycles. The highest BCUT2D eigenvalue weighted by molar-refractivity contribution is 5.91. The number of carbonyl (C=O) groups excluding carboxylic acids is 2. The van der Waals surface area contributed by atoms with Gasteiger partial charge in [-0.05, 0) is 44.9 Å². The summed E-state index contributed by atoms with van der Waals surface area (Å²) in [6.45, 7) is 5.13. The molecule has 1 amide bonds. The normalized spacial score (nSPS) is 19.0. The van der Waals surface area contributed by atoms with Crippen molar-refractivity contribution in [1.29, 1.82) is 0 Å². The molecule has 114 valence electrons. The number of piperidine rings is 1. The molecule has 5 heteroatoms. The van der Waals surface area contributed by atoms with Gasteiger partial charge in [-0.15, -0.1) is 0 Å². The van der Waals surface area contributed by atoms with Crippen molar-refractivity contribution >= 4 is 18.0 Å². The Labute approximate surface area is 124 Å². The van der Waals surface area contributed by atoms with Crippen LogP contribution in [0.5, 0.6) is 0 Å². The Morgan fingerprint density at radius 2 is 2.29 bits per heavy atom. The minimum absolute atomic E-state index is 0.0990. The van der Waals surface area contributed by atoms with Gasteiger partial charge in [-0.3, -0.25) is 9.59 Å². The molecule has 1 fully saturated rings. The number of amides is 1. The largest absolute Gasteiger partial charge is 0.466 e. The molecule has 1 atom stereocenters. The summed E-state index contributed by atoms with van der Waals surface area (Å²) < 4.78 is 10.4. The highest BCUT2D eigenvalue weighted by atomic mass is 16.5. The molecule has 0 saturated carbocycles. The fourth-order valence-electron chi connectivity index (χ4n) is 2.43. The number of hydrogen-bond donors (Lipinski definition) is 0. The zero-order chi connectivity index (χ0) is 15.2. The summed E-state index contributed by atoms with van der Waals surface area (Å²) in [5.41, 5.74) is 0. The second-order valence-electron chi connectivity index (χ2n) is 5.16. The van der Waals surface area contributed by atoms with Gasteiger partial charge in [0.15, 0.2) is 0 Å². The van der Waals surface area contributed by atoms with Crippen LogP contribution in [0.25, 0.3) is 6.08 Å². The molecule has 1 saturated heterocycles. The first-order valence-corrected chi connectivity index (χ1v) is 7.30. The van der Waals surface area contributed by atoms with E-state index in [2.05, 4.69) is 0 Å². The van der Waals surface area contributed by atoms with Crippen molar-refractivity contribution in [3.05, 3.63) is 29.7 Å². The van der Waals surface area contributed by atoms with Gasteiger partial charge < -0.3 is 14.1 Å². The summed E-state index contributed by atoms with van der Waals surface area (Å²) >= 11 is 0. The minimum atomic E-state index is -0.208. The van der Waals surface area contributed by atoms with E-state index in [-0.39, 0.29) is 17.8 Å². The van der Waals surface area contributed by atoms with Gasteiger partial charge in [-0.1, -0.05) is 0 Å². The minimum Gasteiger partial charge on any atom is -0.466 e. The Morgan fingerprint density at radius 1 is 1.48 bits per heavy atom. The summed E-state index contributed by atoms with van der Waals surface area (Å²) in [4.78, 5) is 25.6. The van der Waals surface area contributed by atoms with Crippen LogP contribution in [0, 0.1) is 12.8 Å². The SMILES string of the molecule is CCOC(=O)[C@H]1CCCN(C(=O)/C=C/c2ccc(C)o2)C1. The molecule has 21 heavy (non-hydrogen) atoms. The number of nitrogens with zero attached hydrogens (tertiary/aromatic N) is 1. The van der Waals surface area contributed by atoms with E-state index in [4.69, 9.17) is 9.15 Å². The first kappa shape index (κ1) is 15.4. The zero-order valence-electron chi connectivity index (χ0n) is 12.5. The zero-order valence-corrected chi connectivity index (χ0v) is 12.5. The van der Waals surface area contributed by atoms with E-state index in [1.807, 2.05) is 19.1 Å². The van der Waals surface area contributed by atoms with Gasteiger partial charge in [0.05, 0.1) is 12.5 Å². The van der Waals surface area contributed by atoms with Gasteiger partial charge in [0, 0.05) is 19.2 Å². The van der Waals surface area contributed by atoms with Crippen LogP contribution in [-0.4, -0.2) is 36.5 Å². The highest BCUT2D eigenvalue weighted by Crippen LogP contribution is 2.18. The number of aryl methyl sites for hydroxylation is 1. The molecule has 2 heterocycles. The molecule has 1 aliphatic rings. The maximum absolute atomic E-state index is 12.1. The Balaban J connectivity index is 1.92. The van der Waals surface area contributed by atoms with Gasteiger partial charge in [0.2, 0.25) is 5.91 Å². The molecule has 5 nitrogen and oxygen atoms in total. The topological polar surface area (TPSA) is 59.8 Å². The number of hydrogen-bond acceptors (Lipinski definition) is 4. The standard InChI is InChI=1S/C16H21NO4/c1-3-20-16(19)13-5-4-10-17(11-13)15(18)9-8-14-7-6-12(2)21-14/h6-9,13H,3-5,10-11H2,1-2H3/b9-8+/t13-/m0/s1. The van der Waals surface area contributed by atoms with Crippen molar-refractivity contribution in [3.8, 4) is 0 Å². The van der Waals surface area contributed by atoms with E-state index in [0.717, 1.165) is 18.6 Å². The number of ether oxygens (including phenoxy) is 1. The summed E-state index contributed by atoms with van der Waals surface area (Å²) in [5.74, 6) is 0.947. The Kier molecular flexibility index (Phi) is 5.20. The monoisotopic (exact) mass is 291 g/mol. The Hall–Kier alpha value is -2.04. The molecule has 0 unspecified atom stereocenters. The molecular formula is C16H21NO4. The van der Waals surface area contributed by atoms with E-state index in [1.54, 1.807) is 17.9 Å². The molecule has 0 spiro atoms. The van der Waals surface area contributed by atoms with E-state index < -0.39 is 0 Å². The third kappa shape index (κ3) is 4.21. The maximum atomic E-state index is 12.1. The van der Waals surface area contributed by atoms with E-state index >= 15 is 0 Å². The molecule has 0 aromatic carbocycles. The van der Waals surface area contributed by atoms with Gasteiger partial charge >= 0.3 is 5.97 Å². The van der Waals surface area contributed by atoms with E-state index in [0.29, 0.717) is 25.5 Å². The fourth-order valence-corrected chi connectivity index (χ4v) is 2.43. The highest BCUT2D eigenvalue weighted by Gasteiger charge is 2.28. The van der Waals surface area contributed by atoms with Crippen LogP contribution < -0.4 is 0 Å². The average Bonchev–Trinajstić information content (AvgIpc) is 2.91. The quantitative estimate of drug-likeness (QED) is 0.631. The fraction of sp³-hybridized carbons (Fsp3) is 0.500. The smallest absolute Gasteiger partial charge is 0.310 e. The lowest BCUT2D eigenvalue weighted by molar-refractivity contribution is -0.150. The summed E-state index contributed by atoms with van der Waals surface area (Å²) in [7, 11) is 0. The average molecular weight is 291 g/mol. The molecule has 0 N–H and O–H groups in total. The number of carbonyl (C=O) groups is 2. The predicted octanol–water partition coefficient (Wildman–Crippen LogP) is 2.40. The van der Waals surface area contributed by atoms with Crippen LogP contribution in [0.3, 0.4) is 0 Å². The lowest BCUT2D eigenvalue weighted by Crippen LogP contribution is -2.42. The number of rotatable bonds is 4. The first-order chi connectivity index (χ1) is 10.1. The Bertz CT molecular complexity index is 532. The van der Waals surface area contributed by atoms with Gasteiger partial charge in [0.1, 0.15) is 11.5 Å². The van der Waals surface area contributed by atoms with Crippen molar-refractivity contribution in [2.45, 2.75) is 26.7 Å². The lowest BCUT2D eigenvalue weighted by atomic mass is 9.98. The summed E-state index contributed by atoms with van der Waals surface area (Å²) in [6.07, 6.45) is 4.75. The molecule has 1 aliphatic heterocycles. The van der Waals surface area contributed by atoms with E-state index in [1.165, 1.54) is 6.08 Å². The van der Waals surface area contributed by atoms with Crippen LogP contribution in [0.2, 0.25) is 0 Å². The van der Waals surface area contributed by atoms with Crippen LogP contribution in [-0.2, 0) is 14.3 Å². The third-order valence-electron chi connectivity index (χ3n) is 3.50. The number of furan rings is 1. The Morgan fingerprint density at radius 3 is 2.95 bits per heavy atom. The third-order valence-corrected chi connectivity index (χ3v) is 3.50. The van der Waals surface area contributed by atoms with Gasteiger partial charge in [-0.25, -0.2) is 0 Å². The van der Waals surface area contributed by atoms with Crippen LogP contribution in [0.15, 0.2) is 22.6 Å². The van der Waals surface area contributed by atoms with Crippen molar-refractivity contribution in [1.82, 2.24) is 4.90 Å². The molecule has 0 aliphatic carbocycles. The predicted molar refractivity (Wildman–Crippen MR) is 78.4 cm³/mol. The van der Waals surface area contributed by atoms with Crippen molar-refractivity contribution in [3.63, 3.8) is 0 Å². The van der Waals surface area contributed by atoms with E-state index in [9.17, 15) is 9.59 Å². The molecule has 0 bridgehead atoms. The van der Waals surface area contributed by atoms with Crippen molar-refractivity contribution < 1.29 is 18.7 Å². The summed E-state index contributed by atoms with van der Waals surface area (Å²) in [6, 6.07) is 3.67. The van der Waals surface area contributed by atoms with Gasteiger partial charge in [-0.2, -0.15) is 0 Å². The maximum Gasteiger partial charge on any atom is 0.310 e. The van der Waals surface area contributed by atoms with Gasteiger partial charge in [0.25, 0.3) is 0 Å². The number of esters is 1. The molecular weight excluding hydrogens is 270 g/mol. The summed E-state index contributed by atoms with van der Waals surface area (Å²) in [5, 5.41) is 0. The molecule has 0 radical (unpaired) electrons. The lowest BCUT2D eigenvalue weighted by Gasteiger charge is -2.30. The van der Waals surface area contributed by atoms with Crippen LogP contribution in [0.4, 0.5) is 0 Å². The second kappa shape index (κ2) is 7.11. The molecule has 2 rings (SSSR count). The van der Waals surface area contributed by atoms with Crippen LogP contribution >= 0.6 is 0 Å². The first-order valence-electron chi connectivity index (χ1n) is 7.30. The molecule has 1 aromatic rings. The second-order valence-corrected chi connectivity index (χ2v) is 5.16. The van der Waals surface area contributed by atoms with Crippen molar-refractivity contribution in [2.24, 2.45) is 5.92 Å². The van der Waals surface area contributed by atoms with Crippen molar-refractivity contribution in [2.75, 3.05) is 19.7 Å². The number of likely N-dealkylation sites (tertiary alicyclic amines) is 1. The van der Waals surface area contributed by atoms with Crippen LogP contribution in [0.1, 0.15) is 31.3 Å².